The number of anilines is 4. The molecule has 0 saturated heterocycles. The molecule has 0 bridgehead atoms. The Morgan fingerprint density at radius 1 is 1.26 bits per heavy atom. The number of hydrogen-bond donors (Lipinski definition) is 4. The van der Waals surface area contributed by atoms with Gasteiger partial charge in [-0.15, -0.1) is 0 Å². The third-order valence-electron chi connectivity index (χ3n) is 4.97. The number of nitrogens with zero attached hydrogens (tertiary/aromatic N) is 2. The first-order chi connectivity index (χ1) is 13.2. The van der Waals surface area contributed by atoms with Crippen molar-refractivity contribution in [3.05, 3.63) is 36.0 Å². The molecule has 4 rings (SSSR count). The van der Waals surface area contributed by atoms with Crippen molar-refractivity contribution in [2.24, 2.45) is 0 Å². The van der Waals surface area contributed by atoms with E-state index in [4.69, 9.17) is 10.5 Å². The average Bonchev–Trinajstić information content (AvgIpc) is 3.32. The Morgan fingerprint density at radius 2 is 2.07 bits per heavy atom. The van der Waals surface area contributed by atoms with Crippen LogP contribution in [-0.4, -0.2) is 23.1 Å². The van der Waals surface area contributed by atoms with E-state index in [1.54, 1.807) is 19.4 Å². The fourth-order valence-electron chi connectivity index (χ4n) is 3.64. The molecule has 1 fully saturated rings. The second-order valence-electron chi connectivity index (χ2n) is 6.80. The van der Waals surface area contributed by atoms with Crippen LogP contribution >= 0.6 is 0 Å². The number of ether oxygens (including phenoxy) is 1. The Balaban J connectivity index is 1.74. The summed E-state index contributed by atoms with van der Waals surface area (Å²) in [7, 11) is 1.60. The molecule has 0 radical (unpaired) electrons. The number of aromatic nitrogens is 2. The molecule has 0 aliphatic heterocycles. The first-order valence-corrected chi connectivity index (χ1v) is 9.07. The average molecular weight is 362 g/mol. The molecule has 1 aromatic carbocycles. The fourth-order valence-corrected chi connectivity index (χ4v) is 3.64. The van der Waals surface area contributed by atoms with E-state index >= 15 is 0 Å². The number of pyridine rings is 1. The van der Waals surface area contributed by atoms with Gasteiger partial charge in [-0.2, -0.15) is 5.26 Å². The van der Waals surface area contributed by atoms with Gasteiger partial charge in [0.15, 0.2) is 0 Å². The molecular formula is C20H22N6O. The van der Waals surface area contributed by atoms with Crippen LogP contribution < -0.4 is 21.1 Å². The summed E-state index contributed by atoms with van der Waals surface area (Å²) in [5.74, 6) is 1.31. The summed E-state index contributed by atoms with van der Waals surface area (Å²) in [5.41, 5.74) is 9.43. The lowest BCUT2D eigenvalue weighted by molar-refractivity contribution is 0.417. The standard InChI is InChI=1S/C20H22N6O/c1-27-17-8-13(22)6-7-15(17)25-18-9-16(24-14-4-2-3-5-14)19-12(10-21)11-23-20(19)26-18/h6-9,11,14H,2-5,22H2,1H3,(H3,23,24,25,26). The molecule has 2 aromatic heterocycles. The lowest BCUT2D eigenvalue weighted by atomic mass is 10.1. The number of aromatic amines is 1. The Bertz CT molecular complexity index is 1010. The van der Waals surface area contributed by atoms with Crippen molar-refractivity contribution >= 4 is 33.9 Å². The Morgan fingerprint density at radius 3 is 2.81 bits per heavy atom. The van der Waals surface area contributed by atoms with Gasteiger partial charge < -0.3 is 26.1 Å². The summed E-state index contributed by atoms with van der Waals surface area (Å²) in [6, 6.07) is 10.1. The Hall–Kier alpha value is -3.40. The van der Waals surface area contributed by atoms with Gasteiger partial charge in [0.1, 0.15) is 23.3 Å². The molecule has 0 unspecified atom stereocenters. The van der Waals surface area contributed by atoms with Crippen molar-refractivity contribution in [3.8, 4) is 11.8 Å². The maximum absolute atomic E-state index is 9.44. The number of rotatable bonds is 5. The monoisotopic (exact) mass is 362 g/mol. The van der Waals surface area contributed by atoms with Crippen molar-refractivity contribution in [2.75, 3.05) is 23.5 Å². The summed E-state index contributed by atoms with van der Waals surface area (Å²) < 4.78 is 5.41. The number of nitrogens with one attached hydrogen (secondary N) is 3. The van der Waals surface area contributed by atoms with Crippen molar-refractivity contribution in [2.45, 2.75) is 31.7 Å². The molecule has 7 heteroatoms. The van der Waals surface area contributed by atoms with Crippen LogP contribution in [0.1, 0.15) is 31.2 Å². The van der Waals surface area contributed by atoms with Gasteiger partial charge in [-0.05, 0) is 25.0 Å². The molecule has 0 atom stereocenters. The zero-order chi connectivity index (χ0) is 18.8. The highest BCUT2D eigenvalue weighted by atomic mass is 16.5. The first kappa shape index (κ1) is 17.0. The van der Waals surface area contributed by atoms with Crippen LogP contribution in [0.2, 0.25) is 0 Å². The highest BCUT2D eigenvalue weighted by Gasteiger charge is 2.19. The van der Waals surface area contributed by atoms with Crippen LogP contribution in [-0.2, 0) is 0 Å². The van der Waals surface area contributed by atoms with E-state index in [2.05, 4.69) is 26.7 Å². The number of H-pyrrole nitrogens is 1. The van der Waals surface area contributed by atoms with E-state index in [1.165, 1.54) is 12.8 Å². The van der Waals surface area contributed by atoms with Crippen molar-refractivity contribution in [1.82, 2.24) is 9.97 Å². The predicted octanol–water partition coefficient (Wildman–Crippen LogP) is 4.12. The van der Waals surface area contributed by atoms with Gasteiger partial charge >= 0.3 is 0 Å². The number of nitrogen functional groups attached to an aromatic ring is 1. The smallest absolute Gasteiger partial charge is 0.144 e. The van der Waals surface area contributed by atoms with Gasteiger partial charge in [0.05, 0.1) is 29.4 Å². The number of nitrogens with two attached hydrogens (primary N) is 1. The summed E-state index contributed by atoms with van der Waals surface area (Å²) in [6.07, 6.45) is 6.45. The van der Waals surface area contributed by atoms with Crippen molar-refractivity contribution in [3.63, 3.8) is 0 Å². The lowest BCUT2D eigenvalue weighted by Gasteiger charge is -2.17. The molecule has 27 heavy (non-hydrogen) atoms. The molecule has 3 aromatic rings. The topological polar surface area (TPSA) is 112 Å². The second-order valence-corrected chi connectivity index (χ2v) is 6.80. The van der Waals surface area contributed by atoms with Crippen LogP contribution in [0.3, 0.4) is 0 Å². The van der Waals surface area contributed by atoms with E-state index in [9.17, 15) is 5.26 Å². The normalized spacial score (nSPS) is 14.2. The molecule has 1 aliphatic rings. The third kappa shape index (κ3) is 3.34. The van der Waals surface area contributed by atoms with Crippen LogP contribution in [0, 0.1) is 11.3 Å². The highest BCUT2D eigenvalue weighted by Crippen LogP contribution is 2.34. The minimum absolute atomic E-state index is 0.427. The van der Waals surface area contributed by atoms with E-state index in [-0.39, 0.29) is 0 Å². The summed E-state index contributed by atoms with van der Waals surface area (Å²) in [5, 5.41) is 17.2. The minimum Gasteiger partial charge on any atom is -0.494 e. The summed E-state index contributed by atoms with van der Waals surface area (Å²) in [4.78, 5) is 7.73. The van der Waals surface area contributed by atoms with Gasteiger partial charge in [-0.3, -0.25) is 0 Å². The predicted molar refractivity (Wildman–Crippen MR) is 107 cm³/mol. The maximum atomic E-state index is 9.44. The van der Waals surface area contributed by atoms with Crippen LogP contribution in [0.4, 0.5) is 22.9 Å². The van der Waals surface area contributed by atoms with Crippen LogP contribution in [0.5, 0.6) is 5.75 Å². The number of nitriles is 1. The molecule has 0 amide bonds. The Kier molecular flexibility index (Phi) is 4.47. The van der Waals surface area contributed by atoms with E-state index in [0.29, 0.717) is 34.5 Å². The van der Waals surface area contributed by atoms with Crippen molar-refractivity contribution < 1.29 is 4.74 Å². The summed E-state index contributed by atoms with van der Waals surface area (Å²) >= 11 is 0. The van der Waals surface area contributed by atoms with Crippen molar-refractivity contribution in [1.29, 1.82) is 5.26 Å². The summed E-state index contributed by atoms with van der Waals surface area (Å²) in [6.45, 7) is 0. The Labute approximate surface area is 157 Å². The van der Waals surface area contributed by atoms with E-state index < -0.39 is 0 Å². The quantitative estimate of drug-likeness (QED) is 0.508. The highest BCUT2D eigenvalue weighted by molar-refractivity contribution is 5.96. The molecule has 7 nitrogen and oxygen atoms in total. The third-order valence-corrected chi connectivity index (χ3v) is 4.97. The van der Waals surface area contributed by atoms with Gasteiger partial charge in [0.25, 0.3) is 0 Å². The number of methoxy groups -OCH3 is 1. The fraction of sp³-hybridized carbons (Fsp3) is 0.300. The van der Waals surface area contributed by atoms with Gasteiger partial charge in [0.2, 0.25) is 0 Å². The van der Waals surface area contributed by atoms with Gasteiger partial charge in [0, 0.05) is 30.1 Å². The van der Waals surface area contributed by atoms with Gasteiger partial charge in [-0.1, -0.05) is 12.8 Å². The molecule has 138 valence electrons. The minimum atomic E-state index is 0.427. The zero-order valence-corrected chi connectivity index (χ0v) is 15.2. The molecule has 1 aliphatic carbocycles. The second kappa shape index (κ2) is 7.08. The van der Waals surface area contributed by atoms with Gasteiger partial charge in [-0.25, -0.2) is 4.98 Å². The molecule has 5 N–H and O–H groups in total. The first-order valence-electron chi connectivity index (χ1n) is 9.07. The van der Waals surface area contributed by atoms with Crippen LogP contribution in [0.15, 0.2) is 30.5 Å². The van der Waals surface area contributed by atoms with E-state index in [1.807, 2.05) is 18.2 Å². The zero-order valence-electron chi connectivity index (χ0n) is 15.2. The number of hydrogen-bond acceptors (Lipinski definition) is 6. The number of fused-ring (bicyclic) bond motifs is 1. The molecular weight excluding hydrogens is 340 g/mol. The number of benzene rings is 1. The maximum Gasteiger partial charge on any atom is 0.144 e. The largest absolute Gasteiger partial charge is 0.494 e. The molecule has 1 saturated carbocycles. The molecule has 0 spiro atoms. The van der Waals surface area contributed by atoms with Crippen LogP contribution in [0.25, 0.3) is 11.0 Å². The lowest BCUT2D eigenvalue weighted by Crippen LogP contribution is -2.15. The molecule has 2 heterocycles. The SMILES string of the molecule is COc1cc(N)ccc1Nc1cc(NC2CCCC2)c2c(C#N)c[nH]c2n1. The van der Waals surface area contributed by atoms with E-state index in [0.717, 1.165) is 29.6 Å².